The molecular formula is C27H20Cl3FNO5P. The van der Waals surface area contributed by atoms with Crippen LogP contribution in [0.4, 0.5) is 4.39 Å². The van der Waals surface area contributed by atoms with Crippen molar-refractivity contribution < 1.29 is 38.1 Å². The Morgan fingerprint density at radius 3 is 1.32 bits per heavy atom. The van der Waals surface area contributed by atoms with Crippen LogP contribution in [-0.4, -0.2) is 5.91 Å². The van der Waals surface area contributed by atoms with Crippen molar-refractivity contribution in [3.05, 3.63) is 137 Å². The highest BCUT2D eigenvalue weighted by atomic mass is 35.7. The first-order chi connectivity index (χ1) is 18.0. The molecule has 0 unspecified atom stereocenters. The van der Waals surface area contributed by atoms with Gasteiger partial charge in [0.15, 0.2) is 11.8 Å². The quantitative estimate of drug-likeness (QED) is 0.338. The van der Waals surface area contributed by atoms with Crippen LogP contribution in [0.5, 0.6) is 0 Å². The lowest BCUT2D eigenvalue weighted by molar-refractivity contribution is -2.00. The number of amides is 1. The summed E-state index contributed by atoms with van der Waals surface area (Å²) in [6.07, 6.45) is 0. The van der Waals surface area contributed by atoms with Crippen LogP contribution < -0.4 is 39.9 Å². The van der Waals surface area contributed by atoms with Gasteiger partial charge < -0.3 is 0 Å². The van der Waals surface area contributed by atoms with E-state index in [9.17, 15) is 9.18 Å². The molecule has 0 fully saturated rings. The van der Waals surface area contributed by atoms with Crippen LogP contribution in [0.1, 0.15) is 10.4 Å². The predicted molar refractivity (Wildman–Crippen MR) is 138 cm³/mol. The molecule has 38 heavy (non-hydrogen) atoms. The lowest BCUT2D eigenvalue weighted by Gasteiger charge is -2.29. The minimum Gasteiger partial charge on any atom is -0.290 e. The SMILES string of the molecule is O=C(NC(=C(Cl)Cl)[P+](c1ccccc1)(c1ccccc1)c1ccccc1)c1ccc(F)cc1.[O-][Cl+3]([O-])([O-])[O-]. The Morgan fingerprint density at radius 2 is 1.00 bits per heavy atom. The van der Waals surface area contributed by atoms with Gasteiger partial charge in [0.05, 0.1) is 0 Å². The minimum atomic E-state index is -4.94. The van der Waals surface area contributed by atoms with Crippen molar-refractivity contribution in [3.63, 3.8) is 0 Å². The number of hydrogen-bond donors (Lipinski definition) is 1. The van der Waals surface area contributed by atoms with E-state index in [4.69, 9.17) is 41.8 Å². The van der Waals surface area contributed by atoms with Crippen molar-refractivity contribution in [2.45, 2.75) is 0 Å². The Hall–Kier alpha value is -2.84. The Labute approximate surface area is 231 Å². The van der Waals surface area contributed by atoms with Gasteiger partial charge in [-0.1, -0.05) is 77.8 Å². The molecule has 0 heterocycles. The number of carbonyl (C=O) groups excluding carboxylic acids is 1. The summed E-state index contributed by atoms with van der Waals surface area (Å²) in [5.41, 5.74) is 0.722. The maximum Gasteiger partial charge on any atom is 0.258 e. The van der Waals surface area contributed by atoms with E-state index < -0.39 is 29.2 Å². The van der Waals surface area contributed by atoms with E-state index in [2.05, 4.69) is 5.32 Å². The number of rotatable bonds is 6. The lowest BCUT2D eigenvalue weighted by atomic mass is 10.2. The third kappa shape index (κ3) is 7.60. The highest BCUT2D eigenvalue weighted by molar-refractivity contribution is 7.99. The van der Waals surface area contributed by atoms with E-state index in [-0.39, 0.29) is 4.49 Å². The van der Waals surface area contributed by atoms with Gasteiger partial charge in [-0.05, 0) is 60.7 Å². The Bertz CT molecular complexity index is 1260. The third-order valence-corrected chi connectivity index (χ3v) is 10.1. The van der Waals surface area contributed by atoms with E-state index in [0.29, 0.717) is 11.0 Å². The molecule has 6 nitrogen and oxygen atoms in total. The zero-order chi connectivity index (χ0) is 27.8. The smallest absolute Gasteiger partial charge is 0.258 e. The zero-order valence-corrected chi connectivity index (χ0v) is 22.6. The fraction of sp³-hybridized carbons (Fsp3) is 0. The molecule has 0 atom stereocenters. The second-order valence-corrected chi connectivity index (χ2v) is 12.7. The van der Waals surface area contributed by atoms with Crippen LogP contribution in [0.15, 0.2) is 125 Å². The maximum atomic E-state index is 13.4. The average Bonchev–Trinajstić information content (AvgIpc) is 2.90. The fourth-order valence-electron chi connectivity index (χ4n) is 3.83. The summed E-state index contributed by atoms with van der Waals surface area (Å²) in [5, 5.41) is 5.94. The molecular weight excluding hydrogens is 575 g/mol. The molecule has 4 aromatic rings. The minimum absolute atomic E-state index is 0.0321. The molecule has 0 aliphatic heterocycles. The van der Waals surface area contributed by atoms with Gasteiger partial charge in [0.2, 0.25) is 5.44 Å². The topological polar surface area (TPSA) is 121 Å². The van der Waals surface area contributed by atoms with E-state index in [1.165, 1.54) is 24.3 Å². The largest absolute Gasteiger partial charge is 0.290 e. The molecule has 1 amide bonds. The molecule has 0 aliphatic rings. The van der Waals surface area contributed by atoms with Crippen LogP contribution in [0.25, 0.3) is 0 Å². The third-order valence-electron chi connectivity index (χ3n) is 5.28. The summed E-state index contributed by atoms with van der Waals surface area (Å²) in [6, 6.07) is 35.0. The van der Waals surface area contributed by atoms with Crippen LogP contribution in [0.2, 0.25) is 0 Å². The molecule has 0 saturated carbocycles. The molecule has 0 aromatic heterocycles. The van der Waals surface area contributed by atoms with Crippen molar-refractivity contribution in [1.82, 2.24) is 5.32 Å². The van der Waals surface area contributed by atoms with Gasteiger partial charge in [-0.25, -0.2) is 23.0 Å². The summed E-state index contributed by atoms with van der Waals surface area (Å²) >= 11 is 13.1. The second kappa shape index (κ2) is 13.3. The summed E-state index contributed by atoms with van der Waals surface area (Å²) in [7, 11) is -7.64. The molecule has 0 saturated heterocycles. The number of benzene rings is 4. The number of nitrogens with one attached hydrogen (secondary N) is 1. The van der Waals surface area contributed by atoms with Crippen LogP contribution in [0.3, 0.4) is 0 Å². The molecule has 11 heteroatoms. The molecule has 196 valence electrons. The Morgan fingerprint density at radius 1 is 0.658 bits per heavy atom. The Balaban J connectivity index is 0.000000732. The molecule has 4 rings (SSSR count). The Kier molecular flexibility index (Phi) is 10.4. The first-order valence-corrected chi connectivity index (χ1v) is 14.6. The van der Waals surface area contributed by atoms with Crippen molar-refractivity contribution in [2.24, 2.45) is 0 Å². The molecule has 0 aliphatic carbocycles. The van der Waals surface area contributed by atoms with E-state index >= 15 is 0 Å². The van der Waals surface area contributed by atoms with Gasteiger partial charge in [-0.3, -0.25) is 10.1 Å². The van der Waals surface area contributed by atoms with Gasteiger partial charge in [-0.15, -0.1) is 10.2 Å². The van der Waals surface area contributed by atoms with Crippen molar-refractivity contribution in [2.75, 3.05) is 0 Å². The standard InChI is InChI=1S/C27H19Cl2FNOP.ClHO4/c28-25(29)27(31-26(32)20-16-18-21(30)19-17-20)33(22-10-4-1-5-11-22,23-12-6-2-7-13-23)24-14-8-3-9-15-24;2-1(3,4)5/h1-19H;(H,2,3,4,5). The molecule has 0 bridgehead atoms. The first-order valence-electron chi connectivity index (χ1n) is 10.8. The summed E-state index contributed by atoms with van der Waals surface area (Å²) in [4.78, 5) is 13.2. The van der Waals surface area contributed by atoms with E-state index in [0.717, 1.165) is 15.9 Å². The number of halogens is 4. The molecule has 4 aromatic carbocycles. The summed E-state index contributed by atoms with van der Waals surface area (Å²) in [5.74, 6) is -0.839. The predicted octanol–water partition coefficient (Wildman–Crippen LogP) is 1.40. The van der Waals surface area contributed by atoms with Gasteiger partial charge in [0, 0.05) is 5.56 Å². The van der Waals surface area contributed by atoms with Gasteiger partial charge in [0.25, 0.3) is 5.91 Å². The molecule has 0 radical (unpaired) electrons. The van der Waals surface area contributed by atoms with E-state index in [1.807, 2.05) is 91.0 Å². The van der Waals surface area contributed by atoms with Crippen molar-refractivity contribution >= 4 is 52.3 Å². The van der Waals surface area contributed by atoms with Crippen LogP contribution in [-0.2, 0) is 0 Å². The van der Waals surface area contributed by atoms with Gasteiger partial charge >= 0.3 is 0 Å². The lowest BCUT2D eigenvalue weighted by Crippen LogP contribution is -2.68. The summed E-state index contributed by atoms with van der Waals surface area (Å²) in [6.45, 7) is 0. The molecule has 0 spiro atoms. The first kappa shape index (κ1) is 29.7. The van der Waals surface area contributed by atoms with Crippen LogP contribution in [0, 0.1) is 16.1 Å². The second-order valence-electron chi connectivity index (χ2n) is 7.63. The van der Waals surface area contributed by atoms with Crippen LogP contribution >= 0.6 is 30.5 Å². The van der Waals surface area contributed by atoms with Gasteiger partial charge in [0.1, 0.15) is 21.7 Å². The average molecular weight is 595 g/mol. The maximum absolute atomic E-state index is 13.4. The monoisotopic (exact) mass is 593 g/mol. The number of carbonyl (C=O) groups is 1. The van der Waals surface area contributed by atoms with Gasteiger partial charge in [-0.2, -0.15) is 0 Å². The van der Waals surface area contributed by atoms with Crippen molar-refractivity contribution in [3.8, 4) is 0 Å². The van der Waals surface area contributed by atoms with Crippen molar-refractivity contribution in [1.29, 1.82) is 0 Å². The number of hydrogen-bond acceptors (Lipinski definition) is 5. The normalized spacial score (nSPS) is 11.1. The fourth-order valence-corrected chi connectivity index (χ4v) is 8.73. The highest BCUT2D eigenvalue weighted by Crippen LogP contribution is 2.63. The van der Waals surface area contributed by atoms with E-state index in [1.54, 1.807) is 0 Å². The summed E-state index contributed by atoms with van der Waals surface area (Å²) < 4.78 is 47.4. The molecule has 1 N–H and O–H groups in total. The highest BCUT2D eigenvalue weighted by Gasteiger charge is 2.52. The zero-order valence-electron chi connectivity index (χ0n) is 19.5.